The molecule has 5 rings (SSSR count). The van der Waals surface area contributed by atoms with Gasteiger partial charge in [-0.05, 0) is 58.7 Å². The molecule has 10 heteroatoms. The maximum absolute atomic E-state index is 13.2. The molecule has 36 heavy (non-hydrogen) atoms. The molecule has 1 aromatic heterocycles. The number of aromatic nitrogens is 2. The first-order chi connectivity index (χ1) is 17.4. The van der Waals surface area contributed by atoms with Crippen molar-refractivity contribution in [1.82, 2.24) is 9.97 Å². The lowest BCUT2D eigenvalue weighted by Crippen LogP contribution is -2.28. The molecule has 9 nitrogen and oxygen atoms in total. The van der Waals surface area contributed by atoms with Gasteiger partial charge in [0.15, 0.2) is 17.2 Å². The van der Waals surface area contributed by atoms with Crippen LogP contribution in [0.3, 0.4) is 0 Å². The fourth-order valence-corrected chi connectivity index (χ4v) is 5.11. The zero-order valence-electron chi connectivity index (χ0n) is 19.8. The van der Waals surface area contributed by atoms with Gasteiger partial charge in [-0.15, -0.1) is 0 Å². The number of rotatable bonds is 5. The van der Waals surface area contributed by atoms with Gasteiger partial charge in [-0.1, -0.05) is 12.1 Å². The Morgan fingerprint density at radius 2 is 1.78 bits per heavy atom. The quantitative estimate of drug-likeness (QED) is 0.210. The van der Waals surface area contributed by atoms with Gasteiger partial charge in [0.1, 0.15) is 5.57 Å². The number of methoxy groups -OCH3 is 2. The van der Waals surface area contributed by atoms with Crippen LogP contribution in [0, 0.1) is 0 Å². The van der Waals surface area contributed by atoms with Crippen LogP contribution in [-0.4, -0.2) is 36.8 Å². The van der Waals surface area contributed by atoms with Crippen LogP contribution >= 0.6 is 15.9 Å². The summed E-state index contributed by atoms with van der Waals surface area (Å²) in [6, 6.07) is 12.8. The number of carbonyl (C=O) groups is 1. The minimum absolute atomic E-state index is 0.100. The maximum Gasteiger partial charge on any atom is 0.340 e. The predicted octanol–water partition coefficient (Wildman–Crippen LogP) is 4.40. The summed E-state index contributed by atoms with van der Waals surface area (Å²) in [5.74, 6) is -0.177. The van der Waals surface area contributed by atoms with Gasteiger partial charge in [0, 0.05) is 5.56 Å². The van der Waals surface area contributed by atoms with Crippen molar-refractivity contribution in [3.8, 4) is 17.2 Å². The number of anilines is 1. The molecule has 2 heterocycles. The third kappa shape index (κ3) is 3.74. The number of para-hydroxylation sites is 2. The van der Waals surface area contributed by atoms with Crippen molar-refractivity contribution in [2.45, 2.75) is 12.8 Å². The SMILES string of the molecule is CCOC(=O)C1=C(N)Oc2c(N)cc3nc4ccccc4nc3c2C1c1cc(Br)c(OC)c(OC)c1. The molecule has 1 aliphatic heterocycles. The summed E-state index contributed by atoms with van der Waals surface area (Å²) in [4.78, 5) is 22.9. The van der Waals surface area contributed by atoms with Crippen LogP contribution in [0.15, 0.2) is 58.4 Å². The van der Waals surface area contributed by atoms with Crippen molar-refractivity contribution >= 4 is 49.7 Å². The van der Waals surface area contributed by atoms with Gasteiger partial charge in [-0.2, -0.15) is 0 Å². The molecule has 4 N–H and O–H groups in total. The summed E-state index contributed by atoms with van der Waals surface area (Å²) >= 11 is 3.55. The topological polar surface area (TPSA) is 132 Å². The van der Waals surface area contributed by atoms with Gasteiger partial charge in [0.2, 0.25) is 5.88 Å². The molecule has 0 aliphatic carbocycles. The Kier molecular flexibility index (Phi) is 6.05. The smallest absolute Gasteiger partial charge is 0.340 e. The zero-order valence-corrected chi connectivity index (χ0v) is 21.4. The molecule has 0 amide bonds. The van der Waals surface area contributed by atoms with Gasteiger partial charge < -0.3 is 30.4 Å². The molecule has 3 aromatic carbocycles. The normalized spacial score (nSPS) is 14.9. The molecule has 0 saturated carbocycles. The van der Waals surface area contributed by atoms with Crippen LogP contribution in [0.4, 0.5) is 5.69 Å². The van der Waals surface area contributed by atoms with E-state index in [1.807, 2.05) is 30.3 Å². The third-order valence-electron chi connectivity index (χ3n) is 5.99. The van der Waals surface area contributed by atoms with E-state index in [0.717, 1.165) is 0 Å². The van der Waals surface area contributed by atoms with Gasteiger partial charge in [0.05, 0.1) is 59.0 Å². The first kappa shape index (κ1) is 23.7. The van der Waals surface area contributed by atoms with Crippen LogP contribution < -0.4 is 25.7 Å². The molecule has 1 aliphatic rings. The zero-order chi connectivity index (χ0) is 25.6. The molecule has 0 spiro atoms. The maximum atomic E-state index is 13.2. The summed E-state index contributed by atoms with van der Waals surface area (Å²) in [5.41, 5.74) is 16.9. The molecule has 4 aromatic rings. The molecule has 184 valence electrons. The van der Waals surface area contributed by atoms with E-state index in [1.165, 1.54) is 7.11 Å². The number of halogens is 1. The number of esters is 1. The Morgan fingerprint density at radius 3 is 2.44 bits per heavy atom. The van der Waals surface area contributed by atoms with Gasteiger partial charge >= 0.3 is 5.97 Å². The Bertz CT molecular complexity index is 1570. The Labute approximate surface area is 215 Å². The molecule has 1 atom stereocenters. The van der Waals surface area contributed by atoms with E-state index in [4.69, 9.17) is 40.4 Å². The molecular weight excluding hydrogens is 528 g/mol. The molecular formula is C26H23BrN4O5. The van der Waals surface area contributed by atoms with Gasteiger partial charge in [-0.25, -0.2) is 14.8 Å². The number of ether oxygens (including phenoxy) is 4. The van der Waals surface area contributed by atoms with E-state index >= 15 is 0 Å². The molecule has 0 saturated heterocycles. The van der Waals surface area contributed by atoms with Crippen LogP contribution in [0.2, 0.25) is 0 Å². The van der Waals surface area contributed by atoms with Crippen LogP contribution in [0.25, 0.3) is 22.1 Å². The molecule has 0 fully saturated rings. The van der Waals surface area contributed by atoms with Crippen LogP contribution in [-0.2, 0) is 9.53 Å². The van der Waals surface area contributed by atoms with Crippen molar-refractivity contribution in [3.63, 3.8) is 0 Å². The second-order valence-electron chi connectivity index (χ2n) is 8.06. The largest absolute Gasteiger partial charge is 0.493 e. The highest BCUT2D eigenvalue weighted by atomic mass is 79.9. The second kappa shape index (κ2) is 9.19. The summed E-state index contributed by atoms with van der Waals surface area (Å²) < 4.78 is 23.0. The Morgan fingerprint density at radius 1 is 1.06 bits per heavy atom. The third-order valence-corrected chi connectivity index (χ3v) is 6.58. The Hall–Kier alpha value is -4.05. The lowest BCUT2D eigenvalue weighted by atomic mass is 9.81. The number of benzene rings is 3. The van der Waals surface area contributed by atoms with Crippen LogP contribution in [0.1, 0.15) is 24.0 Å². The van der Waals surface area contributed by atoms with Crippen molar-refractivity contribution in [3.05, 3.63) is 69.5 Å². The van der Waals surface area contributed by atoms with Crippen molar-refractivity contribution in [2.24, 2.45) is 5.73 Å². The average Bonchev–Trinajstić information content (AvgIpc) is 2.86. The van der Waals surface area contributed by atoms with Gasteiger partial charge in [-0.3, -0.25) is 0 Å². The number of hydrogen-bond acceptors (Lipinski definition) is 9. The van der Waals surface area contributed by atoms with E-state index in [-0.39, 0.29) is 18.1 Å². The number of fused-ring (bicyclic) bond motifs is 4. The van der Waals surface area contributed by atoms with E-state index in [0.29, 0.717) is 60.6 Å². The fraction of sp³-hybridized carbons (Fsp3) is 0.192. The second-order valence-corrected chi connectivity index (χ2v) is 8.91. The first-order valence-corrected chi connectivity index (χ1v) is 11.9. The fourth-order valence-electron chi connectivity index (χ4n) is 4.49. The minimum atomic E-state index is -0.745. The Balaban J connectivity index is 1.89. The van der Waals surface area contributed by atoms with Crippen LogP contribution in [0.5, 0.6) is 17.2 Å². The minimum Gasteiger partial charge on any atom is -0.493 e. The number of hydrogen-bond donors (Lipinski definition) is 2. The molecule has 1 unspecified atom stereocenters. The summed E-state index contributed by atoms with van der Waals surface area (Å²) in [5, 5.41) is 0. The molecule has 0 radical (unpaired) electrons. The van der Waals surface area contributed by atoms with E-state index < -0.39 is 11.9 Å². The first-order valence-electron chi connectivity index (χ1n) is 11.1. The number of nitrogens with zero attached hydrogens (tertiary/aromatic N) is 2. The lowest BCUT2D eigenvalue weighted by molar-refractivity contribution is -0.139. The van der Waals surface area contributed by atoms with Crippen molar-refractivity contribution < 1.29 is 23.7 Å². The highest BCUT2D eigenvalue weighted by Crippen LogP contribution is 2.50. The average molecular weight is 551 g/mol. The molecule has 0 bridgehead atoms. The van der Waals surface area contributed by atoms with E-state index in [1.54, 1.807) is 26.2 Å². The van der Waals surface area contributed by atoms with E-state index in [9.17, 15) is 4.79 Å². The summed E-state index contributed by atoms with van der Waals surface area (Å²) in [7, 11) is 3.08. The monoisotopic (exact) mass is 550 g/mol. The lowest BCUT2D eigenvalue weighted by Gasteiger charge is -2.30. The number of nitrogens with two attached hydrogens (primary N) is 2. The predicted molar refractivity (Wildman–Crippen MR) is 139 cm³/mol. The van der Waals surface area contributed by atoms with Crippen molar-refractivity contribution in [1.29, 1.82) is 0 Å². The summed E-state index contributed by atoms with van der Waals surface area (Å²) in [6.07, 6.45) is 0. The number of nitrogen functional groups attached to an aromatic ring is 1. The van der Waals surface area contributed by atoms with E-state index in [2.05, 4.69) is 15.9 Å². The standard InChI is InChI=1S/C26H23BrN4O5/c1-4-35-26(32)21-19(12-9-13(27)23(34-3)18(10-12)33-2)20-22-17(11-14(28)24(20)36-25(21)29)30-15-7-5-6-8-16(15)31-22/h5-11,19H,4,28-29H2,1-3H3. The highest BCUT2D eigenvalue weighted by Gasteiger charge is 2.39. The van der Waals surface area contributed by atoms with Crippen molar-refractivity contribution in [2.75, 3.05) is 26.6 Å². The summed E-state index contributed by atoms with van der Waals surface area (Å²) in [6.45, 7) is 1.88. The number of carbonyl (C=O) groups excluding carboxylic acids is 1. The highest BCUT2D eigenvalue weighted by molar-refractivity contribution is 9.10. The van der Waals surface area contributed by atoms with Gasteiger partial charge in [0.25, 0.3) is 0 Å².